The van der Waals surface area contributed by atoms with Gasteiger partial charge in [0, 0.05) is 33.2 Å². The maximum Gasteiger partial charge on any atom is 0.326 e. The number of piperazine rings is 1. The van der Waals surface area contributed by atoms with Crippen molar-refractivity contribution in [1.82, 2.24) is 19.8 Å². The van der Waals surface area contributed by atoms with Crippen molar-refractivity contribution in [3.05, 3.63) is 58.5 Å². The molecule has 1 aliphatic heterocycles. The zero-order valence-electron chi connectivity index (χ0n) is 14.9. The second kappa shape index (κ2) is 7.07. The normalized spacial score (nSPS) is 16.8. The van der Waals surface area contributed by atoms with Crippen LogP contribution in [-0.4, -0.2) is 52.3 Å². The van der Waals surface area contributed by atoms with Crippen LogP contribution >= 0.6 is 0 Å². The first-order valence-electron chi connectivity index (χ1n) is 9.02. The summed E-state index contributed by atoms with van der Waals surface area (Å²) in [6.45, 7) is 3.95. The zero-order chi connectivity index (χ0) is 18.1. The van der Waals surface area contributed by atoms with Gasteiger partial charge in [-0.1, -0.05) is 30.3 Å². The van der Waals surface area contributed by atoms with E-state index in [1.807, 2.05) is 18.2 Å². The lowest BCUT2D eigenvalue weighted by molar-refractivity contribution is 0.111. The summed E-state index contributed by atoms with van der Waals surface area (Å²) < 4.78 is 1.62. The van der Waals surface area contributed by atoms with Gasteiger partial charge in [0.2, 0.25) is 0 Å². The molecular weight excluding hydrogens is 328 g/mol. The molecule has 6 heteroatoms. The van der Waals surface area contributed by atoms with Crippen molar-refractivity contribution in [1.29, 1.82) is 0 Å². The molecule has 0 radical (unpaired) electrons. The van der Waals surface area contributed by atoms with E-state index in [1.165, 1.54) is 0 Å². The molecule has 2 aromatic carbocycles. The number of aliphatic hydroxyl groups is 1. The van der Waals surface area contributed by atoms with Crippen LogP contribution in [0.1, 0.15) is 11.6 Å². The van der Waals surface area contributed by atoms with Gasteiger partial charge in [0.25, 0.3) is 0 Å². The molecule has 0 aliphatic carbocycles. The van der Waals surface area contributed by atoms with Gasteiger partial charge in [-0.15, -0.1) is 0 Å². The van der Waals surface area contributed by atoms with E-state index < -0.39 is 0 Å². The number of benzene rings is 2. The number of aliphatic hydroxyl groups excluding tert-OH is 1. The predicted molar refractivity (Wildman–Crippen MR) is 103 cm³/mol. The van der Waals surface area contributed by atoms with Crippen LogP contribution in [0.2, 0.25) is 0 Å². The number of imidazole rings is 1. The Labute approximate surface area is 152 Å². The molecule has 3 aromatic rings. The molecule has 1 aliphatic rings. The van der Waals surface area contributed by atoms with Gasteiger partial charge in [-0.3, -0.25) is 9.47 Å². The lowest BCUT2D eigenvalue weighted by Gasteiger charge is -2.34. The monoisotopic (exact) mass is 352 g/mol. The highest BCUT2D eigenvalue weighted by molar-refractivity contribution is 5.82. The summed E-state index contributed by atoms with van der Waals surface area (Å²) in [6, 6.07) is 14.4. The number of aryl methyl sites for hydroxylation is 1. The Bertz CT molecular complexity index is 952. The molecule has 0 bridgehead atoms. The number of aromatic amines is 1. The van der Waals surface area contributed by atoms with Gasteiger partial charge in [-0.25, -0.2) is 4.79 Å². The molecular formula is C20H24N4O2. The quantitative estimate of drug-likeness (QED) is 0.665. The average molecular weight is 352 g/mol. The number of aromatic nitrogens is 2. The maximum atomic E-state index is 11.8. The fourth-order valence-electron chi connectivity index (χ4n) is 3.73. The Morgan fingerprint density at radius 2 is 1.77 bits per heavy atom. The van der Waals surface area contributed by atoms with Crippen molar-refractivity contribution in [3.63, 3.8) is 0 Å². The summed E-state index contributed by atoms with van der Waals surface area (Å²) in [5.41, 5.74) is 4.94. The molecule has 0 amide bonds. The average Bonchev–Trinajstić information content (AvgIpc) is 2.97. The van der Waals surface area contributed by atoms with Gasteiger partial charge in [0.15, 0.2) is 0 Å². The van der Waals surface area contributed by atoms with Crippen LogP contribution in [0, 0.1) is 0 Å². The van der Waals surface area contributed by atoms with Crippen LogP contribution in [0.3, 0.4) is 0 Å². The van der Waals surface area contributed by atoms with Gasteiger partial charge in [-0.05, 0) is 28.8 Å². The van der Waals surface area contributed by atoms with Crippen molar-refractivity contribution in [2.24, 2.45) is 7.05 Å². The molecule has 0 spiro atoms. The van der Waals surface area contributed by atoms with Crippen molar-refractivity contribution in [3.8, 4) is 11.1 Å². The summed E-state index contributed by atoms with van der Waals surface area (Å²) in [5, 5.41) is 13.2. The summed E-state index contributed by atoms with van der Waals surface area (Å²) in [6.07, 6.45) is 0. The predicted octanol–water partition coefficient (Wildman–Crippen LogP) is 1.47. The van der Waals surface area contributed by atoms with Crippen LogP contribution in [0.5, 0.6) is 0 Å². The Hall–Kier alpha value is -2.41. The largest absolute Gasteiger partial charge is 0.394 e. The second-order valence-electron chi connectivity index (χ2n) is 6.83. The molecule has 1 saturated heterocycles. The maximum absolute atomic E-state index is 11.8. The first-order valence-corrected chi connectivity index (χ1v) is 9.02. The molecule has 1 atom stereocenters. The van der Waals surface area contributed by atoms with E-state index >= 15 is 0 Å². The fraction of sp³-hybridized carbons (Fsp3) is 0.350. The van der Waals surface area contributed by atoms with Crippen molar-refractivity contribution >= 4 is 11.0 Å². The Kier molecular flexibility index (Phi) is 4.63. The molecule has 136 valence electrons. The summed E-state index contributed by atoms with van der Waals surface area (Å²) in [4.78, 5) is 16.9. The third-order valence-electron chi connectivity index (χ3n) is 5.30. The number of fused-ring (bicyclic) bond motifs is 1. The van der Waals surface area contributed by atoms with Gasteiger partial charge in [0.1, 0.15) is 0 Å². The SMILES string of the molecule is Cn1c(=O)[nH]c2ccc(-c3ccc(C(CO)N4CCNCC4)cc3)cc21. The molecule has 1 unspecified atom stereocenters. The highest BCUT2D eigenvalue weighted by Crippen LogP contribution is 2.27. The minimum absolute atomic E-state index is 0.0409. The van der Waals surface area contributed by atoms with Crippen molar-refractivity contribution in [2.75, 3.05) is 32.8 Å². The van der Waals surface area contributed by atoms with E-state index in [-0.39, 0.29) is 18.3 Å². The van der Waals surface area contributed by atoms with E-state index in [0.717, 1.165) is 53.9 Å². The highest BCUT2D eigenvalue weighted by atomic mass is 16.3. The topological polar surface area (TPSA) is 73.3 Å². The number of H-pyrrole nitrogens is 1. The number of rotatable bonds is 4. The number of nitrogens with one attached hydrogen (secondary N) is 2. The molecule has 4 rings (SSSR count). The molecule has 1 aromatic heterocycles. The third-order valence-corrected chi connectivity index (χ3v) is 5.30. The van der Waals surface area contributed by atoms with Gasteiger partial charge in [-0.2, -0.15) is 0 Å². The van der Waals surface area contributed by atoms with Crippen molar-refractivity contribution in [2.45, 2.75) is 6.04 Å². The molecule has 2 heterocycles. The Balaban J connectivity index is 1.62. The van der Waals surface area contributed by atoms with Crippen LogP contribution in [0.25, 0.3) is 22.2 Å². The fourth-order valence-corrected chi connectivity index (χ4v) is 3.73. The molecule has 0 saturated carbocycles. The number of nitrogens with zero attached hydrogens (tertiary/aromatic N) is 2. The Morgan fingerprint density at radius 3 is 2.46 bits per heavy atom. The number of hydrogen-bond donors (Lipinski definition) is 3. The van der Waals surface area contributed by atoms with Crippen molar-refractivity contribution < 1.29 is 5.11 Å². The highest BCUT2D eigenvalue weighted by Gasteiger charge is 2.21. The first kappa shape index (κ1) is 17.0. The summed E-state index contributed by atoms with van der Waals surface area (Å²) >= 11 is 0. The molecule has 26 heavy (non-hydrogen) atoms. The Morgan fingerprint density at radius 1 is 1.08 bits per heavy atom. The van der Waals surface area contributed by atoms with Gasteiger partial charge >= 0.3 is 5.69 Å². The van der Waals surface area contributed by atoms with E-state index in [4.69, 9.17) is 0 Å². The first-order chi connectivity index (χ1) is 12.7. The van der Waals surface area contributed by atoms with E-state index in [2.05, 4.69) is 39.5 Å². The van der Waals surface area contributed by atoms with E-state index in [0.29, 0.717) is 0 Å². The van der Waals surface area contributed by atoms with Crippen LogP contribution < -0.4 is 11.0 Å². The van der Waals surface area contributed by atoms with Gasteiger partial charge < -0.3 is 15.4 Å². The van der Waals surface area contributed by atoms with Crippen LogP contribution in [0.15, 0.2) is 47.3 Å². The number of hydrogen-bond acceptors (Lipinski definition) is 4. The standard InChI is InChI=1S/C20H24N4O2/c1-23-18-12-16(6-7-17(18)22-20(23)26)14-2-4-15(5-3-14)19(13-25)24-10-8-21-9-11-24/h2-7,12,19,21,25H,8-11,13H2,1H3,(H,22,26). The summed E-state index contributed by atoms with van der Waals surface area (Å²) in [5.74, 6) is 0. The molecule has 6 nitrogen and oxygen atoms in total. The van der Waals surface area contributed by atoms with Crippen LogP contribution in [0.4, 0.5) is 0 Å². The van der Waals surface area contributed by atoms with Gasteiger partial charge in [0.05, 0.1) is 23.7 Å². The van der Waals surface area contributed by atoms with Crippen LogP contribution in [-0.2, 0) is 7.05 Å². The second-order valence-corrected chi connectivity index (χ2v) is 6.83. The molecule has 3 N–H and O–H groups in total. The van der Waals surface area contributed by atoms with E-state index in [9.17, 15) is 9.90 Å². The lowest BCUT2D eigenvalue weighted by Crippen LogP contribution is -2.46. The smallest absolute Gasteiger partial charge is 0.326 e. The molecule has 1 fully saturated rings. The minimum Gasteiger partial charge on any atom is -0.394 e. The summed E-state index contributed by atoms with van der Waals surface area (Å²) in [7, 11) is 1.77. The third kappa shape index (κ3) is 3.07. The zero-order valence-corrected chi connectivity index (χ0v) is 14.9. The lowest BCUT2D eigenvalue weighted by atomic mass is 9.99. The minimum atomic E-state index is -0.102. The van der Waals surface area contributed by atoms with E-state index in [1.54, 1.807) is 11.6 Å².